The minimum absolute atomic E-state index is 0.226. The zero-order valence-corrected chi connectivity index (χ0v) is 8.37. The first-order valence-corrected chi connectivity index (χ1v) is 4.79. The molecule has 0 aromatic carbocycles. The van der Waals surface area contributed by atoms with E-state index in [2.05, 4.69) is 4.90 Å². The lowest BCUT2D eigenvalue weighted by Gasteiger charge is -2.40. The average molecular weight is 204 g/mol. The monoisotopic (exact) mass is 203 g/mol. The summed E-state index contributed by atoms with van der Waals surface area (Å²) >= 11 is 5.37. The second-order valence-corrected chi connectivity index (χ2v) is 3.72. The highest BCUT2D eigenvalue weighted by molar-refractivity contribution is 6.25. The van der Waals surface area contributed by atoms with Crippen LogP contribution in [0.3, 0.4) is 0 Å². The number of likely N-dealkylation sites (tertiary alicyclic amines) is 1. The summed E-state index contributed by atoms with van der Waals surface area (Å²) in [5.74, 6) is -0.616. The molecule has 1 atom stereocenters. The highest BCUT2D eigenvalue weighted by Crippen LogP contribution is 2.23. The van der Waals surface area contributed by atoms with Crippen LogP contribution >= 0.6 is 11.6 Å². The van der Waals surface area contributed by atoms with Gasteiger partial charge in [0.25, 0.3) is 0 Å². The van der Waals surface area contributed by atoms with E-state index < -0.39 is 5.97 Å². The van der Waals surface area contributed by atoms with Gasteiger partial charge in [-0.3, -0.25) is 9.69 Å². The number of hydrogen-bond acceptors (Lipinski definition) is 2. The lowest BCUT2D eigenvalue weighted by molar-refractivity contribution is -0.145. The van der Waals surface area contributed by atoms with E-state index in [1.165, 1.54) is 5.54 Å². The fourth-order valence-electron chi connectivity index (χ4n) is 1.47. The summed E-state index contributed by atoms with van der Waals surface area (Å²) in [6, 6.07) is 0. The van der Waals surface area contributed by atoms with Crippen molar-refractivity contribution in [2.45, 2.75) is 6.92 Å². The van der Waals surface area contributed by atoms with E-state index in [9.17, 15) is 4.79 Å². The molecule has 0 aliphatic carbocycles. The van der Waals surface area contributed by atoms with E-state index in [0.717, 1.165) is 19.6 Å². The maximum atomic E-state index is 10.6. The van der Waals surface area contributed by atoms with Gasteiger partial charge in [0.15, 0.2) is 0 Å². The minimum atomic E-state index is -0.697. The van der Waals surface area contributed by atoms with E-state index >= 15 is 0 Å². The molecule has 0 spiro atoms. The summed E-state index contributed by atoms with van der Waals surface area (Å²) < 4.78 is 0. The lowest BCUT2D eigenvalue weighted by atomic mass is 9.87. The number of carboxylic acids is 1. The van der Waals surface area contributed by atoms with Crippen molar-refractivity contribution in [2.75, 3.05) is 19.6 Å². The summed E-state index contributed by atoms with van der Waals surface area (Å²) in [5, 5.41) is 8.73. The molecule has 0 aromatic rings. The Labute approximate surface area is 83.0 Å². The van der Waals surface area contributed by atoms with Crippen LogP contribution in [-0.2, 0) is 4.79 Å². The normalized spacial score (nSPS) is 21.7. The smallest absolute Gasteiger partial charge is 0.306 e. The summed E-state index contributed by atoms with van der Waals surface area (Å²) in [7, 11) is 0. The second-order valence-electron chi connectivity index (χ2n) is 3.47. The molecule has 3 nitrogen and oxygen atoms in total. The van der Waals surface area contributed by atoms with Crippen LogP contribution in [0.5, 0.6) is 0 Å². The predicted octanol–water partition coefficient (Wildman–Crippen LogP) is 1.39. The van der Waals surface area contributed by atoms with Crippen molar-refractivity contribution >= 4 is 17.6 Å². The lowest BCUT2D eigenvalue weighted by Crippen LogP contribution is -2.50. The molecule has 0 amide bonds. The Hall–Kier alpha value is -0.540. The molecule has 0 bridgehead atoms. The van der Waals surface area contributed by atoms with E-state index in [1.807, 2.05) is 6.08 Å². The third-order valence-electron chi connectivity index (χ3n) is 2.53. The van der Waals surface area contributed by atoms with Crippen molar-refractivity contribution in [1.82, 2.24) is 4.90 Å². The Kier molecular flexibility index (Phi) is 3.75. The first kappa shape index (κ1) is 10.5. The fraction of sp³-hybridized carbons (Fsp3) is 0.667. The number of halogens is 1. The van der Waals surface area contributed by atoms with Crippen LogP contribution in [0.25, 0.3) is 0 Å². The molecule has 0 radical (unpaired) electrons. The molecular weight excluding hydrogens is 190 g/mol. The predicted molar refractivity (Wildman–Crippen MR) is 51.7 cm³/mol. The molecule has 1 rings (SSSR count). The van der Waals surface area contributed by atoms with E-state index in [4.69, 9.17) is 16.7 Å². The number of rotatable bonds is 4. The van der Waals surface area contributed by atoms with Crippen molar-refractivity contribution in [3.8, 4) is 0 Å². The summed E-state index contributed by atoms with van der Waals surface area (Å²) in [4.78, 5) is 12.8. The van der Waals surface area contributed by atoms with Gasteiger partial charge >= 0.3 is 5.97 Å². The van der Waals surface area contributed by atoms with Crippen LogP contribution < -0.4 is 0 Å². The van der Waals surface area contributed by atoms with E-state index in [0.29, 0.717) is 5.92 Å². The Morgan fingerprint density at radius 3 is 2.85 bits per heavy atom. The molecule has 0 saturated carbocycles. The molecule has 1 unspecified atom stereocenters. The van der Waals surface area contributed by atoms with Crippen LogP contribution in [0.1, 0.15) is 6.92 Å². The topological polar surface area (TPSA) is 40.5 Å². The molecule has 1 aliphatic rings. The molecule has 1 N–H and O–H groups in total. The maximum absolute atomic E-state index is 10.6. The SMILES string of the molecule is CC(C(=O)O)C1CN(C/C=C/Cl)C1. The fourth-order valence-corrected chi connectivity index (χ4v) is 1.55. The van der Waals surface area contributed by atoms with Crippen molar-refractivity contribution in [3.05, 3.63) is 11.6 Å². The molecule has 1 saturated heterocycles. The molecule has 74 valence electrons. The molecule has 13 heavy (non-hydrogen) atoms. The second kappa shape index (κ2) is 4.63. The van der Waals surface area contributed by atoms with Crippen LogP contribution in [0, 0.1) is 11.8 Å². The third kappa shape index (κ3) is 2.71. The van der Waals surface area contributed by atoms with Crippen molar-refractivity contribution < 1.29 is 9.90 Å². The third-order valence-corrected chi connectivity index (χ3v) is 2.71. The molecule has 1 aliphatic heterocycles. The standard InChI is InChI=1S/C9H14ClNO2/c1-7(9(12)13)8-5-11(6-8)4-2-3-10/h2-3,7-8H,4-6H2,1H3,(H,12,13)/b3-2+. The van der Waals surface area contributed by atoms with Gasteiger partial charge in [-0.05, 0) is 5.92 Å². The quantitative estimate of drug-likeness (QED) is 0.751. The largest absolute Gasteiger partial charge is 0.481 e. The van der Waals surface area contributed by atoms with Gasteiger partial charge in [-0.15, -0.1) is 0 Å². The number of carboxylic acid groups (broad SMARTS) is 1. The molecule has 4 heteroatoms. The Morgan fingerprint density at radius 1 is 1.77 bits per heavy atom. The number of hydrogen-bond donors (Lipinski definition) is 1. The first-order valence-electron chi connectivity index (χ1n) is 4.35. The average Bonchev–Trinajstić information content (AvgIpc) is 2.01. The zero-order chi connectivity index (χ0) is 9.84. The van der Waals surface area contributed by atoms with Crippen LogP contribution in [0.15, 0.2) is 11.6 Å². The highest BCUT2D eigenvalue weighted by atomic mass is 35.5. The Morgan fingerprint density at radius 2 is 2.38 bits per heavy atom. The van der Waals surface area contributed by atoms with Gasteiger partial charge in [0.1, 0.15) is 0 Å². The first-order chi connectivity index (χ1) is 6.15. The number of nitrogens with zero attached hydrogens (tertiary/aromatic N) is 1. The van der Waals surface area contributed by atoms with Gasteiger partial charge in [0, 0.05) is 25.2 Å². The Balaban J connectivity index is 2.21. The zero-order valence-electron chi connectivity index (χ0n) is 7.61. The summed E-state index contributed by atoms with van der Waals surface area (Å²) in [5.41, 5.74) is 1.49. The Bertz CT molecular complexity index is 212. The molecular formula is C9H14ClNO2. The van der Waals surface area contributed by atoms with Gasteiger partial charge in [-0.1, -0.05) is 24.6 Å². The van der Waals surface area contributed by atoms with E-state index in [-0.39, 0.29) is 5.92 Å². The number of aliphatic carboxylic acids is 1. The van der Waals surface area contributed by atoms with Crippen molar-refractivity contribution in [3.63, 3.8) is 0 Å². The van der Waals surface area contributed by atoms with E-state index in [1.54, 1.807) is 6.92 Å². The van der Waals surface area contributed by atoms with Gasteiger partial charge in [-0.25, -0.2) is 0 Å². The van der Waals surface area contributed by atoms with Gasteiger partial charge in [0.2, 0.25) is 0 Å². The van der Waals surface area contributed by atoms with Gasteiger partial charge in [-0.2, -0.15) is 0 Å². The summed E-state index contributed by atoms with van der Waals surface area (Å²) in [6.07, 6.45) is 1.86. The van der Waals surface area contributed by atoms with Crippen molar-refractivity contribution in [2.24, 2.45) is 11.8 Å². The van der Waals surface area contributed by atoms with Gasteiger partial charge < -0.3 is 5.11 Å². The highest BCUT2D eigenvalue weighted by Gasteiger charge is 2.33. The van der Waals surface area contributed by atoms with Crippen LogP contribution in [0.4, 0.5) is 0 Å². The molecule has 1 fully saturated rings. The summed E-state index contributed by atoms with van der Waals surface area (Å²) in [6.45, 7) is 4.33. The number of carbonyl (C=O) groups is 1. The maximum Gasteiger partial charge on any atom is 0.306 e. The molecule has 1 heterocycles. The molecule has 0 aromatic heterocycles. The van der Waals surface area contributed by atoms with Crippen LogP contribution in [-0.4, -0.2) is 35.6 Å². The van der Waals surface area contributed by atoms with Crippen LogP contribution in [0.2, 0.25) is 0 Å². The van der Waals surface area contributed by atoms with Gasteiger partial charge in [0.05, 0.1) is 5.92 Å². The minimum Gasteiger partial charge on any atom is -0.481 e. The van der Waals surface area contributed by atoms with Crippen molar-refractivity contribution in [1.29, 1.82) is 0 Å².